The number of rotatable bonds is 2. The van der Waals surface area contributed by atoms with Gasteiger partial charge in [-0.05, 0) is 26.7 Å². The Morgan fingerprint density at radius 1 is 1.29 bits per heavy atom. The van der Waals surface area contributed by atoms with E-state index in [0.29, 0.717) is 13.2 Å². The van der Waals surface area contributed by atoms with Gasteiger partial charge >= 0.3 is 0 Å². The summed E-state index contributed by atoms with van der Waals surface area (Å²) in [6, 6.07) is 0. The standard InChI is InChI=1S/C11H21NO2/c1-9(2)11(13,6-7-14-9)10(8-12)4-3-5-10/h13H,3-8,12H2,1-2H3. The summed E-state index contributed by atoms with van der Waals surface area (Å²) in [4.78, 5) is 0. The molecule has 2 fully saturated rings. The normalized spacial score (nSPS) is 39.4. The van der Waals surface area contributed by atoms with Crippen LogP contribution in [0.1, 0.15) is 39.5 Å². The topological polar surface area (TPSA) is 55.5 Å². The number of aliphatic hydroxyl groups is 1. The minimum Gasteiger partial charge on any atom is -0.386 e. The largest absolute Gasteiger partial charge is 0.386 e. The van der Waals surface area contributed by atoms with E-state index in [1.807, 2.05) is 13.8 Å². The van der Waals surface area contributed by atoms with Gasteiger partial charge in [0.15, 0.2) is 0 Å². The van der Waals surface area contributed by atoms with Gasteiger partial charge in [-0.3, -0.25) is 0 Å². The lowest BCUT2D eigenvalue weighted by atomic mass is 9.54. The third kappa shape index (κ3) is 1.03. The predicted octanol–water partition coefficient (Wildman–Crippen LogP) is 1.05. The quantitative estimate of drug-likeness (QED) is 0.699. The zero-order valence-electron chi connectivity index (χ0n) is 9.18. The van der Waals surface area contributed by atoms with E-state index >= 15 is 0 Å². The van der Waals surface area contributed by atoms with Gasteiger partial charge in [0.25, 0.3) is 0 Å². The minimum atomic E-state index is -0.715. The first-order chi connectivity index (χ1) is 6.47. The van der Waals surface area contributed by atoms with E-state index in [2.05, 4.69) is 0 Å². The van der Waals surface area contributed by atoms with Crippen LogP contribution >= 0.6 is 0 Å². The second-order valence-electron chi connectivity index (χ2n) is 5.31. The van der Waals surface area contributed by atoms with Crippen LogP contribution in [0.2, 0.25) is 0 Å². The lowest BCUT2D eigenvalue weighted by molar-refractivity contribution is -0.191. The Labute approximate surface area is 85.6 Å². The predicted molar refractivity (Wildman–Crippen MR) is 54.9 cm³/mol. The van der Waals surface area contributed by atoms with Crippen LogP contribution < -0.4 is 5.73 Å². The molecule has 1 aliphatic carbocycles. The van der Waals surface area contributed by atoms with Crippen LogP contribution in [0.5, 0.6) is 0 Å². The highest BCUT2D eigenvalue weighted by atomic mass is 16.5. The molecule has 3 nitrogen and oxygen atoms in total. The smallest absolute Gasteiger partial charge is 0.102 e. The van der Waals surface area contributed by atoms with Crippen molar-refractivity contribution in [3.8, 4) is 0 Å². The van der Waals surface area contributed by atoms with Crippen LogP contribution in [-0.4, -0.2) is 29.5 Å². The highest BCUT2D eigenvalue weighted by molar-refractivity contribution is 5.14. The molecule has 0 aromatic carbocycles. The Hall–Kier alpha value is -0.120. The molecule has 1 saturated heterocycles. The Morgan fingerprint density at radius 2 is 1.93 bits per heavy atom. The fraction of sp³-hybridized carbons (Fsp3) is 1.00. The van der Waals surface area contributed by atoms with E-state index in [1.165, 1.54) is 6.42 Å². The molecule has 0 spiro atoms. The summed E-state index contributed by atoms with van der Waals surface area (Å²) in [5.41, 5.74) is 4.61. The van der Waals surface area contributed by atoms with Gasteiger partial charge in [-0.1, -0.05) is 6.42 Å². The van der Waals surface area contributed by atoms with E-state index in [0.717, 1.165) is 19.3 Å². The molecule has 2 aliphatic rings. The Bertz CT molecular complexity index is 230. The van der Waals surface area contributed by atoms with Crippen LogP contribution in [0.4, 0.5) is 0 Å². The molecule has 1 heterocycles. The Morgan fingerprint density at radius 3 is 2.21 bits per heavy atom. The van der Waals surface area contributed by atoms with Crippen molar-refractivity contribution >= 4 is 0 Å². The maximum atomic E-state index is 10.8. The van der Waals surface area contributed by atoms with Crippen LogP contribution in [0.25, 0.3) is 0 Å². The van der Waals surface area contributed by atoms with E-state index in [1.54, 1.807) is 0 Å². The molecule has 1 atom stereocenters. The van der Waals surface area contributed by atoms with Gasteiger partial charge in [-0.2, -0.15) is 0 Å². The van der Waals surface area contributed by atoms with Crippen molar-refractivity contribution in [3.63, 3.8) is 0 Å². The summed E-state index contributed by atoms with van der Waals surface area (Å²) >= 11 is 0. The van der Waals surface area contributed by atoms with Crippen molar-refractivity contribution in [1.29, 1.82) is 0 Å². The SMILES string of the molecule is CC1(C)OCCC1(O)C1(CN)CCC1. The second-order valence-corrected chi connectivity index (χ2v) is 5.31. The van der Waals surface area contributed by atoms with Gasteiger partial charge in [-0.25, -0.2) is 0 Å². The van der Waals surface area contributed by atoms with E-state index < -0.39 is 11.2 Å². The second kappa shape index (κ2) is 2.94. The first-order valence-electron chi connectivity index (χ1n) is 5.54. The van der Waals surface area contributed by atoms with E-state index in [-0.39, 0.29) is 5.41 Å². The van der Waals surface area contributed by atoms with Gasteiger partial charge in [-0.15, -0.1) is 0 Å². The Kier molecular flexibility index (Phi) is 2.18. The monoisotopic (exact) mass is 199 g/mol. The summed E-state index contributed by atoms with van der Waals surface area (Å²) in [5.74, 6) is 0. The average Bonchev–Trinajstić information content (AvgIpc) is 2.26. The first kappa shape index (κ1) is 10.4. The summed E-state index contributed by atoms with van der Waals surface area (Å²) in [5, 5.41) is 10.8. The number of hydrogen-bond donors (Lipinski definition) is 2. The Balaban J connectivity index is 2.30. The third-order valence-electron chi connectivity index (χ3n) is 4.50. The molecular formula is C11H21NO2. The molecule has 0 aromatic rings. The minimum absolute atomic E-state index is 0.0764. The summed E-state index contributed by atoms with van der Waals surface area (Å²) in [6.45, 7) is 5.20. The molecule has 3 heteroatoms. The van der Waals surface area contributed by atoms with Crippen molar-refractivity contribution in [1.82, 2.24) is 0 Å². The number of nitrogens with two attached hydrogens (primary N) is 1. The zero-order valence-corrected chi connectivity index (χ0v) is 9.18. The molecule has 1 unspecified atom stereocenters. The number of ether oxygens (including phenoxy) is 1. The highest BCUT2D eigenvalue weighted by Gasteiger charge is 2.63. The van der Waals surface area contributed by atoms with Crippen molar-refractivity contribution in [2.75, 3.05) is 13.2 Å². The van der Waals surface area contributed by atoms with E-state index in [4.69, 9.17) is 10.5 Å². The lowest BCUT2D eigenvalue weighted by Gasteiger charge is -2.55. The average molecular weight is 199 g/mol. The molecule has 82 valence electrons. The molecule has 0 bridgehead atoms. The van der Waals surface area contributed by atoms with Crippen molar-refractivity contribution < 1.29 is 9.84 Å². The summed E-state index contributed by atoms with van der Waals surface area (Å²) < 4.78 is 5.63. The van der Waals surface area contributed by atoms with Crippen LogP contribution in [0, 0.1) is 5.41 Å². The summed E-state index contributed by atoms with van der Waals surface area (Å²) in [7, 11) is 0. The molecule has 0 aromatic heterocycles. The zero-order chi connectivity index (χ0) is 10.4. The fourth-order valence-corrected chi connectivity index (χ4v) is 3.17. The van der Waals surface area contributed by atoms with Crippen molar-refractivity contribution in [2.45, 2.75) is 50.7 Å². The van der Waals surface area contributed by atoms with Crippen molar-refractivity contribution in [2.24, 2.45) is 11.1 Å². The van der Waals surface area contributed by atoms with Gasteiger partial charge in [0.2, 0.25) is 0 Å². The molecule has 1 aliphatic heterocycles. The van der Waals surface area contributed by atoms with Crippen LogP contribution in [0.15, 0.2) is 0 Å². The van der Waals surface area contributed by atoms with Gasteiger partial charge in [0.05, 0.1) is 12.2 Å². The van der Waals surface area contributed by atoms with Crippen molar-refractivity contribution in [3.05, 3.63) is 0 Å². The number of hydrogen-bond acceptors (Lipinski definition) is 3. The molecule has 3 N–H and O–H groups in total. The third-order valence-corrected chi connectivity index (χ3v) is 4.50. The van der Waals surface area contributed by atoms with Crippen LogP contribution in [0.3, 0.4) is 0 Å². The van der Waals surface area contributed by atoms with Gasteiger partial charge in [0.1, 0.15) is 5.60 Å². The molecule has 14 heavy (non-hydrogen) atoms. The maximum absolute atomic E-state index is 10.8. The fourth-order valence-electron chi connectivity index (χ4n) is 3.17. The maximum Gasteiger partial charge on any atom is 0.102 e. The van der Waals surface area contributed by atoms with Gasteiger partial charge in [0, 0.05) is 18.4 Å². The molecule has 1 saturated carbocycles. The lowest BCUT2D eigenvalue weighted by Crippen LogP contribution is -2.64. The molecule has 0 radical (unpaired) electrons. The highest BCUT2D eigenvalue weighted by Crippen LogP contribution is 2.57. The summed E-state index contributed by atoms with van der Waals surface area (Å²) in [6.07, 6.45) is 4.02. The van der Waals surface area contributed by atoms with Crippen LogP contribution in [-0.2, 0) is 4.74 Å². The molecule has 2 rings (SSSR count). The van der Waals surface area contributed by atoms with E-state index in [9.17, 15) is 5.11 Å². The first-order valence-corrected chi connectivity index (χ1v) is 5.54. The molecular weight excluding hydrogens is 178 g/mol. The molecule has 0 amide bonds. The van der Waals surface area contributed by atoms with Gasteiger partial charge < -0.3 is 15.6 Å².